The summed E-state index contributed by atoms with van der Waals surface area (Å²) >= 11 is 0. The third-order valence-corrected chi connectivity index (χ3v) is 4.62. The summed E-state index contributed by atoms with van der Waals surface area (Å²) in [7, 11) is 0. The van der Waals surface area contributed by atoms with Gasteiger partial charge in [0, 0.05) is 16.7 Å². The zero-order chi connectivity index (χ0) is 20.4. The van der Waals surface area contributed by atoms with Gasteiger partial charge in [0.1, 0.15) is 11.5 Å². The number of amides is 1. The lowest BCUT2D eigenvalue weighted by atomic mass is 10.1. The molecule has 0 radical (unpaired) electrons. The predicted molar refractivity (Wildman–Crippen MR) is 109 cm³/mol. The van der Waals surface area contributed by atoms with Crippen LogP contribution in [0.1, 0.15) is 40.4 Å². The number of aryl methyl sites for hydroxylation is 2. The highest BCUT2D eigenvalue weighted by molar-refractivity contribution is 5.94. The zero-order valence-corrected chi connectivity index (χ0v) is 16.5. The normalized spacial score (nSPS) is 12.0. The minimum absolute atomic E-state index is 0.177. The molecule has 4 aromatic rings. The molecule has 0 spiro atoms. The van der Waals surface area contributed by atoms with Gasteiger partial charge in [0.25, 0.3) is 5.91 Å². The average Bonchev–Trinajstić information content (AvgIpc) is 3.37. The molecule has 0 saturated heterocycles. The summed E-state index contributed by atoms with van der Waals surface area (Å²) < 4.78 is 11.4. The molecule has 6 heteroatoms. The van der Waals surface area contributed by atoms with E-state index in [9.17, 15) is 4.79 Å². The summed E-state index contributed by atoms with van der Waals surface area (Å²) in [5.41, 5.74) is 3.29. The van der Waals surface area contributed by atoms with Crippen LogP contribution in [-0.2, 0) is 0 Å². The highest BCUT2D eigenvalue weighted by Gasteiger charge is 2.15. The lowest BCUT2D eigenvalue weighted by Crippen LogP contribution is -2.26. The van der Waals surface area contributed by atoms with Crippen molar-refractivity contribution in [1.29, 1.82) is 0 Å². The maximum absolute atomic E-state index is 12.5. The Balaban J connectivity index is 1.47. The molecule has 2 aromatic heterocycles. The molecule has 0 aliphatic rings. The Hall–Kier alpha value is -3.67. The number of aromatic nitrogens is 2. The SMILES string of the molecule is Cc1cccc(-c2nnc(-c3ccc(C(=O)NC(C)c4ccc(C)o4)cc3)o2)c1. The molecule has 2 aromatic carbocycles. The summed E-state index contributed by atoms with van der Waals surface area (Å²) in [5, 5.41) is 11.2. The van der Waals surface area contributed by atoms with E-state index < -0.39 is 0 Å². The first-order chi connectivity index (χ1) is 14.0. The molecule has 0 bridgehead atoms. The third-order valence-electron chi connectivity index (χ3n) is 4.62. The molecule has 0 fully saturated rings. The second kappa shape index (κ2) is 7.75. The number of hydrogen-bond acceptors (Lipinski definition) is 5. The quantitative estimate of drug-likeness (QED) is 0.515. The second-order valence-electron chi connectivity index (χ2n) is 7.00. The molecule has 0 saturated carbocycles. The summed E-state index contributed by atoms with van der Waals surface area (Å²) in [4.78, 5) is 12.5. The number of hydrogen-bond donors (Lipinski definition) is 1. The fourth-order valence-electron chi connectivity index (χ4n) is 3.04. The maximum atomic E-state index is 12.5. The molecule has 1 atom stereocenters. The number of carbonyl (C=O) groups is 1. The van der Waals surface area contributed by atoms with Gasteiger partial charge >= 0.3 is 0 Å². The van der Waals surface area contributed by atoms with Gasteiger partial charge < -0.3 is 14.2 Å². The minimum atomic E-state index is -0.219. The molecule has 1 amide bonds. The molecule has 2 heterocycles. The van der Waals surface area contributed by atoms with Gasteiger partial charge in [-0.2, -0.15) is 0 Å². The van der Waals surface area contributed by atoms with Crippen molar-refractivity contribution in [2.24, 2.45) is 0 Å². The molecule has 29 heavy (non-hydrogen) atoms. The van der Waals surface area contributed by atoms with E-state index in [4.69, 9.17) is 8.83 Å². The van der Waals surface area contributed by atoms with Crippen LogP contribution in [0.2, 0.25) is 0 Å². The number of furan rings is 1. The Morgan fingerprint density at radius 1 is 0.897 bits per heavy atom. The van der Waals surface area contributed by atoms with Gasteiger partial charge in [0.2, 0.25) is 11.8 Å². The zero-order valence-electron chi connectivity index (χ0n) is 16.5. The first-order valence-electron chi connectivity index (χ1n) is 9.38. The minimum Gasteiger partial charge on any atom is -0.464 e. The molecular weight excluding hydrogens is 366 g/mol. The van der Waals surface area contributed by atoms with Crippen LogP contribution >= 0.6 is 0 Å². The van der Waals surface area contributed by atoms with Crippen molar-refractivity contribution < 1.29 is 13.6 Å². The van der Waals surface area contributed by atoms with Gasteiger partial charge in [-0.25, -0.2) is 0 Å². The maximum Gasteiger partial charge on any atom is 0.251 e. The number of carbonyl (C=O) groups excluding carboxylic acids is 1. The molecule has 1 N–H and O–H groups in total. The van der Waals surface area contributed by atoms with E-state index in [-0.39, 0.29) is 11.9 Å². The third kappa shape index (κ3) is 4.11. The lowest BCUT2D eigenvalue weighted by Gasteiger charge is -2.11. The fourth-order valence-corrected chi connectivity index (χ4v) is 3.04. The number of nitrogens with zero attached hydrogens (tertiary/aromatic N) is 2. The van der Waals surface area contributed by atoms with Crippen molar-refractivity contribution in [3.63, 3.8) is 0 Å². The topological polar surface area (TPSA) is 81.2 Å². The van der Waals surface area contributed by atoms with Crippen LogP contribution in [0.4, 0.5) is 0 Å². The van der Waals surface area contributed by atoms with Crippen LogP contribution in [0.3, 0.4) is 0 Å². The van der Waals surface area contributed by atoms with Crippen LogP contribution in [0.5, 0.6) is 0 Å². The largest absolute Gasteiger partial charge is 0.464 e. The second-order valence-corrected chi connectivity index (χ2v) is 7.00. The first-order valence-corrected chi connectivity index (χ1v) is 9.38. The first kappa shape index (κ1) is 18.7. The Morgan fingerprint density at radius 2 is 1.62 bits per heavy atom. The van der Waals surface area contributed by atoms with Crippen LogP contribution in [0.25, 0.3) is 22.9 Å². The predicted octanol–water partition coefficient (Wildman–Crippen LogP) is 5.10. The molecule has 146 valence electrons. The van der Waals surface area contributed by atoms with Crippen molar-refractivity contribution in [2.45, 2.75) is 26.8 Å². The van der Waals surface area contributed by atoms with Crippen molar-refractivity contribution in [2.75, 3.05) is 0 Å². The number of nitrogens with one attached hydrogen (secondary N) is 1. The van der Waals surface area contributed by atoms with E-state index in [1.165, 1.54) is 0 Å². The van der Waals surface area contributed by atoms with Gasteiger partial charge in [-0.3, -0.25) is 4.79 Å². The van der Waals surface area contributed by atoms with Gasteiger partial charge in [-0.05, 0) is 69.3 Å². The summed E-state index contributed by atoms with van der Waals surface area (Å²) in [6.45, 7) is 5.77. The standard InChI is InChI=1S/C23H21N3O3/c1-14-5-4-6-19(13-14)23-26-25-22(29-23)18-10-8-17(9-11-18)21(27)24-16(3)20-12-7-15(2)28-20/h4-13,16H,1-3H3,(H,24,27). The number of benzene rings is 2. The van der Waals surface area contributed by atoms with Crippen molar-refractivity contribution in [3.8, 4) is 22.9 Å². The fraction of sp³-hybridized carbons (Fsp3) is 0.174. The van der Waals surface area contributed by atoms with Crippen molar-refractivity contribution in [1.82, 2.24) is 15.5 Å². The van der Waals surface area contributed by atoms with Gasteiger partial charge in [0.05, 0.1) is 6.04 Å². The van der Waals surface area contributed by atoms with Crippen LogP contribution in [-0.4, -0.2) is 16.1 Å². The Kier molecular flexibility index (Phi) is 4.99. The van der Waals surface area contributed by atoms with Gasteiger partial charge in [0.15, 0.2) is 0 Å². The van der Waals surface area contributed by atoms with Gasteiger partial charge in [-0.15, -0.1) is 10.2 Å². The highest BCUT2D eigenvalue weighted by atomic mass is 16.4. The Morgan fingerprint density at radius 3 is 2.28 bits per heavy atom. The Bertz CT molecular complexity index is 1140. The summed E-state index contributed by atoms with van der Waals surface area (Å²) in [6.07, 6.45) is 0. The van der Waals surface area contributed by atoms with Gasteiger partial charge in [-0.1, -0.05) is 17.7 Å². The van der Waals surface area contributed by atoms with Crippen molar-refractivity contribution >= 4 is 5.91 Å². The van der Waals surface area contributed by atoms with Crippen LogP contribution in [0.15, 0.2) is 69.5 Å². The van der Waals surface area contributed by atoms with E-state index >= 15 is 0 Å². The van der Waals surface area contributed by atoms with E-state index in [0.717, 1.165) is 28.2 Å². The monoisotopic (exact) mass is 387 g/mol. The van der Waals surface area contributed by atoms with E-state index in [1.54, 1.807) is 24.3 Å². The smallest absolute Gasteiger partial charge is 0.251 e. The van der Waals surface area contributed by atoms with E-state index in [1.807, 2.05) is 57.2 Å². The van der Waals surface area contributed by atoms with Crippen molar-refractivity contribution in [3.05, 3.63) is 83.3 Å². The Labute approximate surface area is 168 Å². The van der Waals surface area contributed by atoms with E-state index in [0.29, 0.717) is 17.3 Å². The van der Waals surface area contributed by atoms with Crippen LogP contribution < -0.4 is 5.32 Å². The summed E-state index contributed by atoms with van der Waals surface area (Å²) in [5.74, 6) is 2.24. The lowest BCUT2D eigenvalue weighted by molar-refractivity contribution is 0.0935. The molecular formula is C23H21N3O3. The van der Waals surface area contributed by atoms with E-state index in [2.05, 4.69) is 15.5 Å². The van der Waals surface area contributed by atoms with Crippen LogP contribution in [0, 0.1) is 13.8 Å². The molecule has 6 nitrogen and oxygen atoms in total. The molecule has 4 rings (SSSR count). The average molecular weight is 387 g/mol. The molecule has 0 aliphatic heterocycles. The highest BCUT2D eigenvalue weighted by Crippen LogP contribution is 2.25. The molecule has 1 unspecified atom stereocenters. The number of rotatable bonds is 5. The molecule has 0 aliphatic carbocycles. The summed E-state index contributed by atoms with van der Waals surface area (Å²) in [6, 6.07) is 18.5.